The lowest BCUT2D eigenvalue weighted by molar-refractivity contribution is 0.102. The van der Waals surface area contributed by atoms with Crippen molar-refractivity contribution in [3.63, 3.8) is 0 Å². The molecule has 0 spiro atoms. The van der Waals surface area contributed by atoms with Crippen LogP contribution in [0.3, 0.4) is 0 Å². The molecule has 2 heterocycles. The summed E-state index contributed by atoms with van der Waals surface area (Å²) >= 11 is 5.68. The van der Waals surface area contributed by atoms with Crippen LogP contribution in [0.4, 0.5) is 5.69 Å². The van der Waals surface area contributed by atoms with E-state index in [1.54, 1.807) is 18.2 Å². The van der Waals surface area contributed by atoms with Crippen LogP contribution in [0.1, 0.15) is 10.5 Å². The number of nitrogens with zero attached hydrogens (tertiary/aromatic N) is 3. The van der Waals surface area contributed by atoms with Gasteiger partial charge in [0.15, 0.2) is 0 Å². The summed E-state index contributed by atoms with van der Waals surface area (Å²) in [6.45, 7) is 0. The summed E-state index contributed by atoms with van der Waals surface area (Å²) < 4.78 is 0. The Morgan fingerprint density at radius 1 is 1.25 bits per heavy atom. The highest BCUT2D eigenvalue weighted by molar-refractivity contribution is 6.29. The second kappa shape index (κ2) is 4.67. The van der Waals surface area contributed by atoms with Crippen molar-refractivity contribution in [3.05, 3.63) is 47.8 Å². The molecule has 0 bridgehead atoms. The Morgan fingerprint density at radius 2 is 2.00 bits per heavy atom. The smallest absolute Gasteiger partial charge is 0.274 e. The molecule has 0 aliphatic rings. The lowest BCUT2D eigenvalue weighted by Crippen LogP contribution is -2.13. The maximum absolute atomic E-state index is 11.7. The average Bonchev–Trinajstić information content (AvgIpc) is 2.30. The zero-order chi connectivity index (χ0) is 11.4. The summed E-state index contributed by atoms with van der Waals surface area (Å²) in [5, 5.41) is 2.88. The maximum atomic E-state index is 11.7. The van der Waals surface area contributed by atoms with E-state index in [4.69, 9.17) is 11.6 Å². The van der Waals surface area contributed by atoms with Gasteiger partial charge in [-0.1, -0.05) is 17.7 Å². The van der Waals surface area contributed by atoms with Gasteiger partial charge in [-0.05, 0) is 12.1 Å². The number of carbonyl (C=O) groups excluding carboxylic acids is 1. The third-order valence-corrected chi connectivity index (χ3v) is 1.98. The molecule has 0 saturated heterocycles. The van der Waals surface area contributed by atoms with Crippen molar-refractivity contribution in [3.8, 4) is 0 Å². The summed E-state index contributed by atoms with van der Waals surface area (Å²) in [7, 11) is 0. The van der Waals surface area contributed by atoms with Gasteiger partial charge in [0.25, 0.3) is 5.91 Å². The van der Waals surface area contributed by atoms with Gasteiger partial charge in [-0.25, -0.2) is 15.0 Å². The lowest BCUT2D eigenvalue weighted by atomic mass is 10.3. The zero-order valence-corrected chi connectivity index (χ0v) is 8.85. The molecule has 0 aromatic carbocycles. The minimum atomic E-state index is -0.350. The first-order valence-corrected chi connectivity index (χ1v) is 4.82. The Kier molecular flexibility index (Phi) is 3.07. The van der Waals surface area contributed by atoms with Crippen molar-refractivity contribution in [1.82, 2.24) is 15.0 Å². The number of hydrogen-bond acceptors (Lipinski definition) is 4. The van der Waals surface area contributed by atoms with Gasteiger partial charge in [0.2, 0.25) is 0 Å². The molecule has 0 unspecified atom stereocenters. The number of halogens is 1. The maximum Gasteiger partial charge on any atom is 0.274 e. The first-order chi connectivity index (χ1) is 7.75. The van der Waals surface area contributed by atoms with Gasteiger partial charge < -0.3 is 5.32 Å². The molecule has 80 valence electrons. The topological polar surface area (TPSA) is 67.8 Å². The number of carbonyl (C=O) groups is 1. The van der Waals surface area contributed by atoms with Gasteiger partial charge >= 0.3 is 0 Å². The van der Waals surface area contributed by atoms with Crippen LogP contribution in [0.5, 0.6) is 0 Å². The molecule has 0 aliphatic heterocycles. The normalized spacial score (nSPS) is 9.81. The largest absolute Gasteiger partial charge is 0.318 e. The molecular weight excluding hydrogens is 228 g/mol. The molecule has 1 amide bonds. The molecular formula is C10H7ClN4O. The fourth-order valence-corrected chi connectivity index (χ4v) is 1.26. The predicted molar refractivity (Wildman–Crippen MR) is 59.2 cm³/mol. The van der Waals surface area contributed by atoms with Gasteiger partial charge in [0.05, 0.1) is 18.1 Å². The van der Waals surface area contributed by atoms with E-state index in [0.717, 1.165) is 0 Å². The Balaban J connectivity index is 2.15. The molecule has 0 radical (unpaired) electrons. The summed E-state index contributed by atoms with van der Waals surface area (Å²) in [5.74, 6) is -0.350. The highest BCUT2D eigenvalue weighted by atomic mass is 35.5. The molecule has 2 rings (SSSR count). The van der Waals surface area contributed by atoms with Crippen LogP contribution in [-0.4, -0.2) is 20.9 Å². The van der Waals surface area contributed by atoms with Crippen LogP contribution in [0.25, 0.3) is 0 Å². The van der Waals surface area contributed by atoms with Gasteiger partial charge in [0, 0.05) is 0 Å². The number of aromatic nitrogens is 3. The van der Waals surface area contributed by atoms with Gasteiger partial charge in [0.1, 0.15) is 17.2 Å². The Hall–Kier alpha value is -2.01. The van der Waals surface area contributed by atoms with E-state index >= 15 is 0 Å². The molecule has 0 atom stereocenters. The first-order valence-electron chi connectivity index (χ1n) is 4.44. The van der Waals surface area contributed by atoms with E-state index < -0.39 is 0 Å². The zero-order valence-electron chi connectivity index (χ0n) is 8.09. The Bertz CT molecular complexity index is 503. The third-order valence-electron chi connectivity index (χ3n) is 1.77. The van der Waals surface area contributed by atoms with Crippen LogP contribution in [0.15, 0.2) is 36.9 Å². The van der Waals surface area contributed by atoms with Gasteiger partial charge in [-0.2, -0.15) is 0 Å². The van der Waals surface area contributed by atoms with E-state index in [1.807, 2.05) is 0 Å². The van der Waals surface area contributed by atoms with Crippen LogP contribution >= 0.6 is 11.6 Å². The van der Waals surface area contributed by atoms with Crippen molar-refractivity contribution in [2.75, 3.05) is 5.32 Å². The van der Waals surface area contributed by atoms with Crippen molar-refractivity contribution < 1.29 is 4.79 Å². The highest BCUT2D eigenvalue weighted by Gasteiger charge is 2.07. The predicted octanol–water partition coefficient (Wildman–Crippen LogP) is 1.78. The Labute approximate surface area is 96.5 Å². The molecule has 6 heteroatoms. The van der Waals surface area contributed by atoms with Gasteiger partial charge in [-0.3, -0.25) is 4.79 Å². The molecule has 2 aromatic rings. The third kappa shape index (κ3) is 2.52. The summed E-state index contributed by atoms with van der Waals surface area (Å²) in [5.41, 5.74) is 0.755. The van der Waals surface area contributed by atoms with Gasteiger partial charge in [-0.15, -0.1) is 0 Å². The van der Waals surface area contributed by atoms with Crippen molar-refractivity contribution in [2.24, 2.45) is 0 Å². The molecule has 1 N–H and O–H groups in total. The monoisotopic (exact) mass is 234 g/mol. The second-order valence-electron chi connectivity index (χ2n) is 2.93. The standard InChI is InChI=1S/C10H7ClN4O/c11-9-3-1-2-8(15-9)10(16)14-7-4-12-6-13-5-7/h1-6H,(H,14,16). The first kappa shape index (κ1) is 10.5. The second-order valence-corrected chi connectivity index (χ2v) is 3.31. The average molecular weight is 235 g/mol. The fraction of sp³-hybridized carbons (Fsp3) is 0. The van der Waals surface area contributed by atoms with Crippen LogP contribution in [-0.2, 0) is 0 Å². The van der Waals surface area contributed by atoms with Crippen LogP contribution < -0.4 is 5.32 Å². The van der Waals surface area contributed by atoms with E-state index in [9.17, 15) is 4.79 Å². The quantitative estimate of drug-likeness (QED) is 0.805. The summed E-state index contributed by atoms with van der Waals surface area (Å²) in [6.07, 6.45) is 4.37. The molecule has 16 heavy (non-hydrogen) atoms. The summed E-state index contributed by atoms with van der Waals surface area (Å²) in [6, 6.07) is 4.83. The minimum Gasteiger partial charge on any atom is -0.318 e. The molecule has 2 aromatic heterocycles. The lowest BCUT2D eigenvalue weighted by Gasteiger charge is -2.03. The van der Waals surface area contributed by atoms with Crippen LogP contribution in [0, 0.1) is 0 Å². The van der Waals surface area contributed by atoms with E-state index in [-0.39, 0.29) is 16.8 Å². The van der Waals surface area contributed by atoms with E-state index in [0.29, 0.717) is 5.69 Å². The van der Waals surface area contributed by atoms with Crippen molar-refractivity contribution in [1.29, 1.82) is 0 Å². The number of rotatable bonds is 2. The fourth-order valence-electron chi connectivity index (χ4n) is 1.09. The summed E-state index contributed by atoms with van der Waals surface area (Å²) in [4.78, 5) is 23.1. The number of hydrogen-bond donors (Lipinski definition) is 1. The van der Waals surface area contributed by atoms with E-state index in [2.05, 4.69) is 20.3 Å². The molecule has 5 nitrogen and oxygen atoms in total. The van der Waals surface area contributed by atoms with E-state index in [1.165, 1.54) is 18.7 Å². The molecule has 0 aliphatic carbocycles. The Morgan fingerprint density at radius 3 is 2.69 bits per heavy atom. The molecule has 0 saturated carbocycles. The number of pyridine rings is 1. The number of anilines is 1. The highest BCUT2D eigenvalue weighted by Crippen LogP contribution is 2.08. The minimum absolute atomic E-state index is 0.247. The van der Waals surface area contributed by atoms with Crippen molar-refractivity contribution in [2.45, 2.75) is 0 Å². The number of amides is 1. The van der Waals surface area contributed by atoms with Crippen molar-refractivity contribution >= 4 is 23.2 Å². The van der Waals surface area contributed by atoms with Crippen LogP contribution in [0.2, 0.25) is 5.15 Å². The SMILES string of the molecule is O=C(Nc1cncnc1)c1cccc(Cl)n1. The number of nitrogens with one attached hydrogen (secondary N) is 1. The molecule has 0 fully saturated rings.